The Balaban J connectivity index is 4.04. The van der Waals surface area contributed by atoms with E-state index in [1.54, 1.807) is 6.08 Å². The quantitative estimate of drug-likeness (QED) is 0.479. The van der Waals surface area contributed by atoms with Crippen LogP contribution in [-0.4, -0.2) is 9.79 Å². The van der Waals surface area contributed by atoms with Gasteiger partial charge in [-0.15, -0.1) is 0 Å². The van der Waals surface area contributed by atoms with E-state index in [0.717, 1.165) is 11.4 Å². The van der Waals surface area contributed by atoms with E-state index in [4.69, 9.17) is 9.79 Å². The van der Waals surface area contributed by atoms with Crippen molar-refractivity contribution in [1.29, 1.82) is 0 Å². The normalized spacial score (nSPS) is 12.0. The molecule has 0 fully saturated rings. The summed E-state index contributed by atoms with van der Waals surface area (Å²) in [5.74, 6) is 0.875. The fourth-order valence-corrected chi connectivity index (χ4v) is 0.658. The molecule has 0 aliphatic rings. The van der Waals surface area contributed by atoms with Crippen molar-refractivity contribution in [1.82, 2.24) is 0 Å². The molecule has 4 heteroatoms. The van der Waals surface area contributed by atoms with Crippen molar-refractivity contribution in [3.05, 3.63) is 23.5 Å². The highest BCUT2D eigenvalue weighted by molar-refractivity contribution is 7.55. The average Bonchev–Trinajstić information content (AvgIpc) is 1.59. The van der Waals surface area contributed by atoms with Gasteiger partial charge in [-0.05, 0) is 13.8 Å². The lowest BCUT2D eigenvalue weighted by Crippen LogP contribution is -1.67. The van der Waals surface area contributed by atoms with Crippen molar-refractivity contribution in [3.63, 3.8) is 0 Å². The molecule has 0 unspecified atom stereocenters. The maximum Gasteiger partial charge on any atom is 0.349 e. The van der Waals surface area contributed by atoms with Crippen LogP contribution < -0.4 is 0 Å². The van der Waals surface area contributed by atoms with Crippen LogP contribution in [-0.2, 0) is 4.57 Å². The third-order valence-electron chi connectivity index (χ3n) is 0.710. The van der Waals surface area contributed by atoms with Gasteiger partial charge in [0.25, 0.3) is 0 Å². The van der Waals surface area contributed by atoms with Crippen LogP contribution in [0.3, 0.4) is 0 Å². The smallest absolute Gasteiger partial charge is 0.321 e. The minimum Gasteiger partial charge on any atom is -0.321 e. The molecule has 0 amide bonds. The molecule has 0 atom stereocenters. The van der Waals surface area contributed by atoms with Gasteiger partial charge in [0.15, 0.2) is 0 Å². The maximum atomic E-state index is 10.2. The molecular formula is C6H11O3P. The second kappa shape index (κ2) is 3.71. The lowest BCUT2D eigenvalue weighted by molar-refractivity contribution is 0.386. The zero-order valence-electron chi connectivity index (χ0n) is 5.98. The molecule has 2 N–H and O–H groups in total. The molecule has 0 aromatic rings. The van der Waals surface area contributed by atoms with Crippen molar-refractivity contribution < 1.29 is 14.4 Å². The Morgan fingerprint density at radius 1 is 1.40 bits per heavy atom. The van der Waals surface area contributed by atoms with Crippen molar-refractivity contribution in [2.24, 2.45) is 0 Å². The van der Waals surface area contributed by atoms with Crippen LogP contribution in [0.2, 0.25) is 0 Å². The minimum absolute atomic E-state index is 0.875. The largest absolute Gasteiger partial charge is 0.349 e. The highest BCUT2D eigenvalue weighted by Crippen LogP contribution is 2.35. The van der Waals surface area contributed by atoms with Gasteiger partial charge in [-0.3, -0.25) is 4.57 Å². The molecule has 0 aliphatic carbocycles. The van der Waals surface area contributed by atoms with E-state index in [2.05, 4.69) is 0 Å². The van der Waals surface area contributed by atoms with Crippen LogP contribution in [0.4, 0.5) is 0 Å². The van der Waals surface area contributed by atoms with Gasteiger partial charge in [0, 0.05) is 5.82 Å². The number of allylic oxidation sites excluding steroid dienone is 3. The van der Waals surface area contributed by atoms with E-state index < -0.39 is 7.60 Å². The Kier molecular flexibility index (Phi) is 3.58. The van der Waals surface area contributed by atoms with Crippen LogP contribution in [0.5, 0.6) is 0 Å². The van der Waals surface area contributed by atoms with Gasteiger partial charge in [0.05, 0.1) is 0 Å². The van der Waals surface area contributed by atoms with E-state index in [-0.39, 0.29) is 0 Å². The third-order valence-corrected chi connectivity index (χ3v) is 1.27. The summed E-state index contributed by atoms with van der Waals surface area (Å²) < 4.78 is 10.2. The summed E-state index contributed by atoms with van der Waals surface area (Å²) in [5, 5.41) is 0. The summed E-state index contributed by atoms with van der Waals surface area (Å²) in [6, 6.07) is 0. The Morgan fingerprint density at radius 2 is 1.90 bits per heavy atom. The molecule has 0 bridgehead atoms. The van der Waals surface area contributed by atoms with E-state index in [0.29, 0.717) is 0 Å². The van der Waals surface area contributed by atoms with Gasteiger partial charge in [0.2, 0.25) is 0 Å². The SMILES string of the molecule is CC(C)=C/C=C/P(=O)(O)O. The first-order chi connectivity index (χ1) is 4.42. The molecule has 0 saturated heterocycles. The lowest BCUT2D eigenvalue weighted by atomic mass is 10.3. The summed E-state index contributed by atoms with van der Waals surface area (Å²) in [5.41, 5.74) is 1.00. The standard InChI is InChI=1S/C6H11O3P/c1-6(2)4-3-5-10(7,8)9/h3-5H,1-2H3,(H2,7,8,9)/b5-3+. The molecule has 0 aromatic carbocycles. The topological polar surface area (TPSA) is 57.5 Å². The van der Waals surface area contributed by atoms with Crippen molar-refractivity contribution >= 4 is 7.60 Å². The van der Waals surface area contributed by atoms with Gasteiger partial charge >= 0.3 is 7.60 Å². The highest BCUT2D eigenvalue weighted by Gasteiger charge is 2.03. The number of hydrogen-bond donors (Lipinski definition) is 2. The Bertz CT molecular complexity index is 195. The molecule has 58 valence electrons. The van der Waals surface area contributed by atoms with Gasteiger partial charge in [-0.25, -0.2) is 0 Å². The average molecular weight is 162 g/mol. The summed E-state index contributed by atoms with van der Waals surface area (Å²) in [6.07, 6.45) is 3.00. The molecule has 0 saturated carbocycles. The van der Waals surface area contributed by atoms with Crippen LogP contribution in [0, 0.1) is 0 Å². The first-order valence-electron chi connectivity index (χ1n) is 2.80. The van der Waals surface area contributed by atoms with Crippen LogP contribution in [0.15, 0.2) is 23.5 Å². The Labute approximate surface area is 60.2 Å². The predicted molar refractivity (Wildman–Crippen MR) is 40.6 cm³/mol. The van der Waals surface area contributed by atoms with Crippen LogP contribution >= 0.6 is 7.60 Å². The number of rotatable bonds is 2. The van der Waals surface area contributed by atoms with Crippen molar-refractivity contribution in [3.8, 4) is 0 Å². The van der Waals surface area contributed by atoms with Gasteiger partial charge in [-0.1, -0.05) is 17.7 Å². The Hall–Kier alpha value is -0.370. The maximum absolute atomic E-state index is 10.2. The van der Waals surface area contributed by atoms with Gasteiger partial charge < -0.3 is 9.79 Å². The molecule has 0 aliphatic heterocycles. The summed E-state index contributed by atoms with van der Waals surface area (Å²) in [6.45, 7) is 3.70. The number of hydrogen-bond acceptors (Lipinski definition) is 1. The van der Waals surface area contributed by atoms with Crippen LogP contribution in [0.25, 0.3) is 0 Å². The minimum atomic E-state index is -3.95. The molecule has 0 heterocycles. The monoisotopic (exact) mass is 162 g/mol. The fraction of sp³-hybridized carbons (Fsp3) is 0.333. The van der Waals surface area contributed by atoms with E-state index in [1.165, 1.54) is 6.08 Å². The summed E-state index contributed by atoms with van der Waals surface area (Å²) >= 11 is 0. The fourth-order valence-electron chi connectivity index (χ4n) is 0.348. The van der Waals surface area contributed by atoms with E-state index in [9.17, 15) is 4.57 Å². The highest BCUT2D eigenvalue weighted by atomic mass is 31.2. The molecular weight excluding hydrogens is 151 g/mol. The van der Waals surface area contributed by atoms with E-state index >= 15 is 0 Å². The van der Waals surface area contributed by atoms with Gasteiger partial charge in [-0.2, -0.15) is 0 Å². The zero-order valence-corrected chi connectivity index (χ0v) is 6.88. The Morgan fingerprint density at radius 3 is 2.20 bits per heavy atom. The van der Waals surface area contributed by atoms with E-state index in [1.807, 2.05) is 13.8 Å². The molecule has 0 rings (SSSR count). The molecule has 0 aromatic heterocycles. The lowest BCUT2D eigenvalue weighted by Gasteiger charge is -1.91. The molecule has 3 nitrogen and oxygen atoms in total. The second-order valence-corrected chi connectivity index (χ2v) is 3.65. The van der Waals surface area contributed by atoms with Crippen LogP contribution in [0.1, 0.15) is 13.8 Å². The van der Waals surface area contributed by atoms with Gasteiger partial charge in [0.1, 0.15) is 0 Å². The molecule has 0 radical (unpaired) electrons. The summed E-state index contributed by atoms with van der Waals surface area (Å²) in [4.78, 5) is 16.7. The van der Waals surface area contributed by atoms with Crippen molar-refractivity contribution in [2.75, 3.05) is 0 Å². The first-order valence-corrected chi connectivity index (χ1v) is 4.48. The molecule has 0 spiro atoms. The summed E-state index contributed by atoms with van der Waals surface area (Å²) in [7, 11) is -3.95. The predicted octanol–water partition coefficient (Wildman–Crippen LogP) is 1.64. The second-order valence-electron chi connectivity index (χ2n) is 2.17. The molecule has 10 heavy (non-hydrogen) atoms. The zero-order chi connectivity index (χ0) is 8.20. The van der Waals surface area contributed by atoms with Crippen molar-refractivity contribution in [2.45, 2.75) is 13.8 Å². The third kappa shape index (κ3) is 7.63. The first kappa shape index (κ1) is 9.63.